The van der Waals surface area contributed by atoms with E-state index in [2.05, 4.69) is 9.97 Å². The summed E-state index contributed by atoms with van der Waals surface area (Å²) < 4.78 is 0. The van der Waals surface area contributed by atoms with Gasteiger partial charge in [0.05, 0.1) is 26.9 Å². The highest BCUT2D eigenvalue weighted by Gasteiger charge is 2.14. The molecular weight excluding hydrogens is 288 g/mol. The van der Waals surface area contributed by atoms with Crippen molar-refractivity contribution in [2.75, 3.05) is 5.75 Å². The van der Waals surface area contributed by atoms with E-state index in [9.17, 15) is 14.7 Å². The minimum absolute atomic E-state index is 0.384. The first kappa shape index (κ1) is 14.2. The molecule has 7 heteroatoms. The fraction of sp³-hybridized carbons (Fsp3) is 0.333. The van der Waals surface area contributed by atoms with Gasteiger partial charge in [-0.15, -0.1) is 11.8 Å². The Morgan fingerprint density at radius 2 is 2.11 bits per heavy atom. The van der Waals surface area contributed by atoms with Crippen LogP contribution in [0.4, 0.5) is 0 Å². The first-order chi connectivity index (χ1) is 8.90. The molecule has 0 fully saturated rings. The van der Waals surface area contributed by atoms with Gasteiger partial charge < -0.3 is 10.1 Å². The van der Waals surface area contributed by atoms with E-state index in [1.807, 2.05) is 0 Å². The van der Waals surface area contributed by atoms with Crippen molar-refractivity contribution in [3.8, 4) is 0 Å². The predicted molar refractivity (Wildman–Crippen MR) is 77.3 cm³/mol. The second kappa shape index (κ2) is 5.40. The number of halogens is 1. The molecule has 1 aromatic carbocycles. The van der Waals surface area contributed by atoms with Crippen LogP contribution in [0.25, 0.3) is 10.9 Å². The number of hydrogen-bond acceptors (Lipinski definition) is 4. The van der Waals surface area contributed by atoms with Crippen LogP contribution in [0, 0.1) is 6.92 Å². The van der Waals surface area contributed by atoms with E-state index < -0.39 is 17.4 Å². The van der Waals surface area contributed by atoms with Gasteiger partial charge >= 0.3 is 5.69 Å². The van der Waals surface area contributed by atoms with E-state index in [1.54, 1.807) is 19.9 Å². The maximum absolute atomic E-state index is 11.8. The van der Waals surface area contributed by atoms with E-state index in [4.69, 9.17) is 11.6 Å². The molecule has 0 saturated heterocycles. The van der Waals surface area contributed by atoms with Crippen molar-refractivity contribution in [1.82, 2.24) is 9.97 Å². The van der Waals surface area contributed by atoms with Crippen molar-refractivity contribution in [3.63, 3.8) is 0 Å². The molecule has 5 nitrogen and oxygen atoms in total. The SMILES string of the molecule is Cc1cc2c(=O)[nH]c(=O)[nH]c2c(SC[C@@H](C)O)c1Cl. The van der Waals surface area contributed by atoms with Crippen molar-refractivity contribution in [2.45, 2.75) is 24.8 Å². The van der Waals surface area contributed by atoms with Crippen LogP contribution in [0.2, 0.25) is 5.02 Å². The molecule has 0 aliphatic carbocycles. The third-order valence-corrected chi connectivity index (χ3v) is 4.53. The zero-order valence-electron chi connectivity index (χ0n) is 10.4. The van der Waals surface area contributed by atoms with Crippen molar-refractivity contribution >= 4 is 34.3 Å². The van der Waals surface area contributed by atoms with Crippen LogP contribution in [0.3, 0.4) is 0 Å². The largest absolute Gasteiger partial charge is 0.393 e. The Morgan fingerprint density at radius 3 is 2.74 bits per heavy atom. The lowest BCUT2D eigenvalue weighted by molar-refractivity contribution is 0.220. The molecule has 0 amide bonds. The lowest BCUT2D eigenvalue weighted by Gasteiger charge is -2.11. The van der Waals surface area contributed by atoms with Gasteiger partial charge in [-0.05, 0) is 25.5 Å². The number of aromatic amines is 2. The molecule has 2 rings (SSSR count). The summed E-state index contributed by atoms with van der Waals surface area (Å²) in [6, 6.07) is 1.64. The van der Waals surface area contributed by atoms with Crippen LogP contribution in [0.15, 0.2) is 20.6 Å². The van der Waals surface area contributed by atoms with Gasteiger partial charge in [0.25, 0.3) is 5.56 Å². The standard InChI is InChI=1S/C12H13ClN2O3S/c1-5-3-7-9(14-12(18)15-11(7)17)10(8(5)13)19-4-6(2)16/h3,6,16H,4H2,1-2H3,(H2,14,15,17,18)/t6-/m1/s1. The zero-order valence-corrected chi connectivity index (χ0v) is 12.0. The fourth-order valence-electron chi connectivity index (χ4n) is 1.72. The maximum Gasteiger partial charge on any atom is 0.326 e. The number of H-pyrrole nitrogens is 2. The maximum atomic E-state index is 11.8. The summed E-state index contributed by atoms with van der Waals surface area (Å²) in [6.45, 7) is 3.45. The number of aryl methyl sites for hydroxylation is 1. The Bertz CT molecular complexity index is 736. The number of thioether (sulfide) groups is 1. The summed E-state index contributed by atoms with van der Waals surface area (Å²) in [5.74, 6) is 0.424. The molecule has 3 N–H and O–H groups in total. The van der Waals surface area contributed by atoms with Gasteiger partial charge in [0.2, 0.25) is 0 Å². The number of rotatable bonds is 3. The van der Waals surface area contributed by atoms with E-state index in [0.717, 1.165) is 5.56 Å². The molecule has 0 saturated carbocycles. The molecule has 0 aliphatic heterocycles. The third kappa shape index (κ3) is 2.86. The molecule has 1 atom stereocenters. The smallest absolute Gasteiger partial charge is 0.326 e. The van der Waals surface area contributed by atoms with Crippen molar-refractivity contribution in [2.24, 2.45) is 0 Å². The molecule has 19 heavy (non-hydrogen) atoms. The first-order valence-electron chi connectivity index (χ1n) is 5.66. The monoisotopic (exact) mass is 300 g/mol. The van der Waals surface area contributed by atoms with Crippen LogP contribution in [0.1, 0.15) is 12.5 Å². The number of aliphatic hydroxyl groups excluding tert-OH is 1. The van der Waals surface area contributed by atoms with Crippen molar-refractivity contribution in [3.05, 3.63) is 37.5 Å². The Kier molecular flexibility index (Phi) is 4.03. The molecule has 2 aromatic rings. The molecule has 102 valence electrons. The highest BCUT2D eigenvalue weighted by molar-refractivity contribution is 7.99. The number of aromatic nitrogens is 2. The zero-order chi connectivity index (χ0) is 14.2. The topological polar surface area (TPSA) is 86.0 Å². The number of benzene rings is 1. The van der Waals surface area contributed by atoms with E-state index in [-0.39, 0.29) is 0 Å². The van der Waals surface area contributed by atoms with Crippen molar-refractivity contribution in [1.29, 1.82) is 0 Å². The molecule has 0 unspecified atom stereocenters. The Labute approximate surface area is 118 Å². The third-order valence-electron chi connectivity index (χ3n) is 2.58. The molecule has 1 aromatic heterocycles. The van der Waals surface area contributed by atoms with E-state index in [0.29, 0.717) is 26.6 Å². The fourth-order valence-corrected chi connectivity index (χ4v) is 3.03. The van der Waals surface area contributed by atoms with Crippen LogP contribution in [-0.2, 0) is 0 Å². The summed E-state index contributed by atoms with van der Waals surface area (Å²) in [7, 11) is 0. The summed E-state index contributed by atoms with van der Waals surface area (Å²) >= 11 is 7.53. The van der Waals surface area contributed by atoms with Gasteiger partial charge in [0.15, 0.2) is 0 Å². The summed E-state index contributed by atoms with van der Waals surface area (Å²) in [4.78, 5) is 28.5. The second-order valence-electron chi connectivity index (χ2n) is 4.33. The quantitative estimate of drug-likeness (QED) is 0.752. The molecular formula is C12H13ClN2O3S. The van der Waals surface area contributed by atoms with Gasteiger partial charge in [0.1, 0.15) is 0 Å². The summed E-state index contributed by atoms with van der Waals surface area (Å²) in [5, 5.41) is 10.2. The first-order valence-corrected chi connectivity index (χ1v) is 7.02. The number of nitrogens with one attached hydrogen (secondary N) is 2. The molecule has 0 radical (unpaired) electrons. The van der Waals surface area contributed by atoms with Gasteiger partial charge in [-0.25, -0.2) is 4.79 Å². The van der Waals surface area contributed by atoms with Gasteiger partial charge in [-0.1, -0.05) is 11.6 Å². The minimum atomic E-state index is -0.573. The van der Waals surface area contributed by atoms with Crippen molar-refractivity contribution < 1.29 is 5.11 Å². The van der Waals surface area contributed by atoms with Crippen LogP contribution >= 0.6 is 23.4 Å². The Morgan fingerprint density at radius 1 is 1.42 bits per heavy atom. The van der Waals surface area contributed by atoms with Crippen LogP contribution in [0.5, 0.6) is 0 Å². The van der Waals surface area contributed by atoms with E-state index in [1.165, 1.54) is 11.8 Å². The highest BCUT2D eigenvalue weighted by Crippen LogP contribution is 2.35. The summed E-state index contributed by atoms with van der Waals surface area (Å²) in [5.41, 5.74) is 0.142. The normalized spacial score (nSPS) is 12.8. The average Bonchev–Trinajstić information content (AvgIpc) is 2.31. The molecule has 0 aliphatic rings. The van der Waals surface area contributed by atoms with Crippen LogP contribution in [-0.4, -0.2) is 26.9 Å². The molecule has 0 spiro atoms. The predicted octanol–water partition coefficient (Wildman–Crippen LogP) is 1.65. The van der Waals surface area contributed by atoms with E-state index >= 15 is 0 Å². The number of fused-ring (bicyclic) bond motifs is 1. The van der Waals surface area contributed by atoms with Gasteiger partial charge in [-0.3, -0.25) is 9.78 Å². The summed E-state index contributed by atoms with van der Waals surface area (Å²) in [6.07, 6.45) is -0.509. The van der Waals surface area contributed by atoms with Crippen LogP contribution < -0.4 is 11.2 Å². The Hall–Kier alpha value is -1.24. The molecule has 1 heterocycles. The number of hydrogen-bond donors (Lipinski definition) is 3. The number of aliphatic hydroxyl groups is 1. The van der Waals surface area contributed by atoms with Gasteiger partial charge in [0, 0.05) is 5.75 Å². The Balaban J connectivity index is 2.75. The highest BCUT2D eigenvalue weighted by atomic mass is 35.5. The lowest BCUT2D eigenvalue weighted by Crippen LogP contribution is -2.22. The average molecular weight is 301 g/mol. The lowest BCUT2D eigenvalue weighted by atomic mass is 10.1. The second-order valence-corrected chi connectivity index (χ2v) is 5.74. The molecule has 0 bridgehead atoms. The van der Waals surface area contributed by atoms with Gasteiger partial charge in [-0.2, -0.15) is 0 Å². The minimum Gasteiger partial charge on any atom is -0.393 e.